The van der Waals surface area contributed by atoms with Gasteiger partial charge in [0.05, 0.1) is 6.20 Å². The molecule has 1 aromatic rings. The summed E-state index contributed by atoms with van der Waals surface area (Å²) in [6.45, 7) is 10.2. The summed E-state index contributed by atoms with van der Waals surface area (Å²) in [5.74, 6) is -3.20. The van der Waals surface area contributed by atoms with Gasteiger partial charge >= 0.3 is 0 Å². The van der Waals surface area contributed by atoms with Crippen LogP contribution >= 0.6 is 0 Å². The first kappa shape index (κ1) is 35.4. The minimum absolute atomic E-state index is 0.0133. The van der Waals surface area contributed by atoms with Crippen molar-refractivity contribution < 1.29 is 28.8 Å². The summed E-state index contributed by atoms with van der Waals surface area (Å²) in [5, 5.41) is 8.62. The molecular weight excluding hydrogens is 614 g/mol. The minimum atomic E-state index is -0.992. The SMILES string of the molecule is CCC[C@@H](C(=O)C(=O)NC1CC1)N1CC[C@H]2CN(C(=O)[C@@H](NC(=O)[C@@H](NC(=O)c3cnccn3)C3CCCC3)C(C)(C)C)[C@H](C1=O)[C@H]2C. The number of hydrogen-bond acceptors (Lipinski definition) is 8. The maximum absolute atomic E-state index is 14.5. The molecule has 2 aliphatic heterocycles. The molecule has 2 saturated carbocycles. The third kappa shape index (κ3) is 7.70. The molecule has 2 saturated heterocycles. The molecule has 0 unspecified atom stereocenters. The highest BCUT2D eigenvalue weighted by atomic mass is 16.2. The van der Waals surface area contributed by atoms with E-state index in [1.807, 2.05) is 34.6 Å². The largest absolute Gasteiger partial charge is 0.347 e. The summed E-state index contributed by atoms with van der Waals surface area (Å²) < 4.78 is 0. The Morgan fingerprint density at radius 1 is 1.00 bits per heavy atom. The maximum Gasteiger partial charge on any atom is 0.289 e. The Hall–Kier alpha value is -3.90. The van der Waals surface area contributed by atoms with Gasteiger partial charge in [0.15, 0.2) is 0 Å². The predicted molar refractivity (Wildman–Crippen MR) is 176 cm³/mol. The Bertz CT molecular complexity index is 1390. The first-order chi connectivity index (χ1) is 22.8. The van der Waals surface area contributed by atoms with Gasteiger partial charge in [0.25, 0.3) is 11.8 Å². The monoisotopic (exact) mass is 665 g/mol. The number of Topliss-reactive ketones (excluding diaryl/α,β-unsaturated/α-hetero) is 1. The van der Waals surface area contributed by atoms with Gasteiger partial charge in [0, 0.05) is 31.5 Å². The van der Waals surface area contributed by atoms with Gasteiger partial charge in [-0.05, 0) is 61.7 Å². The van der Waals surface area contributed by atoms with Crippen molar-refractivity contribution in [1.82, 2.24) is 35.7 Å². The molecule has 2 aliphatic carbocycles. The van der Waals surface area contributed by atoms with Crippen LogP contribution in [0.4, 0.5) is 0 Å². The molecule has 1 aromatic heterocycles. The van der Waals surface area contributed by atoms with Crippen molar-refractivity contribution in [3.8, 4) is 0 Å². The lowest BCUT2D eigenvalue weighted by Crippen LogP contribution is -2.62. The van der Waals surface area contributed by atoms with E-state index in [9.17, 15) is 28.8 Å². The van der Waals surface area contributed by atoms with Gasteiger partial charge in [-0.1, -0.05) is 53.9 Å². The van der Waals surface area contributed by atoms with E-state index in [0.29, 0.717) is 32.4 Å². The van der Waals surface area contributed by atoms with Gasteiger partial charge in [0.2, 0.25) is 23.5 Å². The van der Waals surface area contributed by atoms with Crippen molar-refractivity contribution in [2.45, 2.75) is 123 Å². The number of rotatable bonds is 12. The molecule has 0 radical (unpaired) electrons. The Morgan fingerprint density at radius 3 is 2.31 bits per heavy atom. The lowest BCUT2D eigenvalue weighted by Gasteiger charge is -2.39. The van der Waals surface area contributed by atoms with Crippen LogP contribution in [-0.4, -0.2) is 98.4 Å². The summed E-state index contributed by atoms with van der Waals surface area (Å²) in [5.41, 5.74) is -0.638. The van der Waals surface area contributed by atoms with Crippen LogP contribution in [0.25, 0.3) is 0 Å². The van der Waals surface area contributed by atoms with Crippen molar-refractivity contribution in [2.75, 3.05) is 13.1 Å². The highest BCUT2D eigenvalue weighted by Gasteiger charge is 2.53. The molecule has 3 heterocycles. The topological polar surface area (TPSA) is 171 Å². The Morgan fingerprint density at radius 2 is 1.71 bits per heavy atom. The molecule has 4 fully saturated rings. The number of fused-ring (bicyclic) bond motifs is 2. The summed E-state index contributed by atoms with van der Waals surface area (Å²) in [6, 6.07) is -3.57. The fourth-order valence-electron chi connectivity index (χ4n) is 7.61. The zero-order chi connectivity index (χ0) is 34.7. The molecule has 48 heavy (non-hydrogen) atoms. The third-order valence-electron chi connectivity index (χ3n) is 10.6. The molecule has 0 aromatic carbocycles. The van der Waals surface area contributed by atoms with Crippen LogP contribution in [0.15, 0.2) is 18.6 Å². The Kier molecular flexibility index (Phi) is 10.8. The van der Waals surface area contributed by atoms with Crippen molar-refractivity contribution in [3.05, 3.63) is 24.3 Å². The lowest BCUT2D eigenvalue weighted by atomic mass is 9.84. The van der Waals surface area contributed by atoms with E-state index in [2.05, 4.69) is 25.9 Å². The Balaban J connectivity index is 1.37. The smallest absolute Gasteiger partial charge is 0.289 e. The minimum Gasteiger partial charge on any atom is -0.347 e. The van der Waals surface area contributed by atoms with Crippen LogP contribution < -0.4 is 16.0 Å². The van der Waals surface area contributed by atoms with Gasteiger partial charge in [-0.25, -0.2) is 4.98 Å². The number of carbonyl (C=O) groups is 6. The summed E-state index contributed by atoms with van der Waals surface area (Å²) in [6.07, 6.45) is 10.9. The quantitative estimate of drug-likeness (QED) is 0.285. The van der Waals surface area contributed by atoms with E-state index >= 15 is 0 Å². The number of nitrogens with zero attached hydrogens (tertiary/aromatic N) is 4. The number of aromatic nitrogens is 2. The molecule has 3 N–H and O–H groups in total. The van der Waals surface area contributed by atoms with Crippen LogP contribution in [-0.2, 0) is 24.0 Å². The molecule has 262 valence electrons. The molecule has 5 amide bonds. The van der Waals surface area contributed by atoms with Gasteiger partial charge in [-0.3, -0.25) is 33.8 Å². The van der Waals surface area contributed by atoms with Crippen molar-refractivity contribution in [3.63, 3.8) is 0 Å². The van der Waals surface area contributed by atoms with Gasteiger partial charge in [-0.15, -0.1) is 0 Å². The molecular formula is C35H51N7O6. The van der Waals surface area contributed by atoms with Crippen LogP contribution in [0.1, 0.15) is 103 Å². The number of carbonyl (C=O) groups excluding carboxylic acids is 6. The average Bonchev–Trinajstić information content (AvgIpc) is 3.60. The van der Waals surface area contributed by atoms with Crippen LogP contribution in [0.2, 0.25) is 0 Å². The fraction of sp³-hybridized carbons (Fsp3) is 0.714. The van der Waals surface area contributed by atoms with E-state index in [0.717, 1.165) is 38.5 Å². The number of hydrogen-bond donors (Lipinski definition) is 3. The summed E-state index contributed by atoms with van der Waals surface area (Å²) in [4.78, 5) is 93.3. The second-order valence-corrected chi connectivity index (χ2v) is 15.2. The predicted octanol–water partition coefficient (Wildman–Crippen LogP) is 2.01. The number of nitrogens with one attached hydrogen (secondary N) is 3. The van der Waals surface area contributed by atoms with E-state index in [4.69, 9.17) is 0 Å². The molecule has 13 heteroatoms. The molecule has 13 nitrogen and oxygen atoms in total. The average molecular weight is 666 g/mol. The zero-order valence-corrected chi connectivity index (χ0v) is 28.9. The van der Waals surface area contributed by atoms with Gasteiger partial charge in [0.1, 0.15) is 29.9 Å². The van der Waals surface area contributed by atoms with Crippen molar-refractivity contribution >= 4 is 35.3 Å². The number of ketones is 1. The van der Waals surface area contributed by atoms with Crippen LogP contribution in [0.3, 0.4) is 0 Å². The van der Waals surface area contributed by atoms with E-state index in [1.165, 1.54) is 23.5 Å². The summed E-state index contributed by atoms with van der Waals surface area (Å²) in [7, 11) is 0. The van der Waals surface area contributed by atoms with Crippen molar-refractivity contribution in [1.29, 1.82) is 0 Å². The highest BCUT2D eigenvalue weighted by molar-refractivity contribution is 6.38. The molecule has 4 aliphatic rings. The first-order valence-corrected chi connectivity index (χ1v) is 17.6. The number of likely N-dealkylation sites (tertiary alicyclic amines) is 2. The number of amides is 5. The van der Waals surface area contributed by atoms with E-state index in [-0.39, 0.29) is 41.3 Å². The second kappa shape index (κ2) is 14.7. The fourth-order valence-corrected chi connectivity index (χ4v) is 7.61. The molecule has 0 spiro atoms. The second-order valence-electron chi connectivity index (χ2n) is 15.2. The summed E-state index contributed by atoms with van der Waals surface area (Å²) >= 11 is 0. The van der Waals surface area contributed by atoms with Crippen LogP contribution in [0, 0.1) is 23.2 Å². The standard InChI is InChI=1S/C35H51N7O6/c1-6-9-25(28(43)32(46)38-23-12-13-23)41-17-14-22-19-42(27(20(22)2)33(41)47)34(48)29(35(3,4)5)40-31(45)26(21-10-7-8-11-21)39-30(44)24-18-36-15-16-37-24/h15-16,18,20-23,25-27,29H,6-14,17,19H2,1-5H3,(H,38,46)(H,39,44)(H,40,45)/t20-,22-,25-,26-,27-,29+/m0/s1. The first-order valence-electron chi connectivity index (χ1n) is 17.6. The molecule has 2 bridgehead atoms. The van der Waals surface area contributed by atoms with Gasteiger partial charge < -0.3 is 25.8 Å². The Labute approximate surface area is 282 Å². The van der Waals surface area contributed by atoms with Gasteiger partial charge in [-0.2, -0.15) is 0 Å². The highest BCUT2D eigenvalue weighted by Crippen LogP contribution is 2.39. The zero-order valence-electron chi connectivity index (χ0n) is 28.9. The molecule has 5 rings (SSSR count). The third-order valence-corrected chi connectivity index (χ3v) is 10.6. The maximum atomic E-state index is 14.5. The van der Waals surface area contributed by atoms with Crippen molar-refractivity contribution in [2.24, 2.45) is 23.2 Å². The van der Waals surface area contributed by atoms with E-state index < -0.39 is 53.1 Å². The normalized spacial score (nSPS) is 24.8. The molecule has 6 atom stereocenters. The van der Waals surface area contributed by atoms with E-state index in [1.54, 1.807) is 4.90 Å². The van der Waals surface area contributed by atoms with Crippen LogP contribution in [0.5, 0.6) is 0 Å². The lowest BCUT2D eigenvalue weighted by molar-refractivity contribution is -0.153.